The number of nitrogens with zero attached hydrogens (tertiary/aromatic N) is 1. The Balaban J connectivity index is 2.38. The largest absolute Gasteiger partial charge is 0.492 e. The molecule has 0 unspecified atom stereocenters. The number of primary sulfonamides is 1. The van der Waals surface area contributed by atoms with Gasteiger partial charge in [0, 0.05) is 18.7 Å². The van der Waals surface area contributed by atoms with Crippen LogP contribution in [0.3, 0.4) is 0 Å². The molecule has 0 atom stereocenters. The number of amides is 1. The highest BCUT2D eigenvalue weighted by molar-refractivity contribution is 7.89. The van der Waals surface area contributed by atoms with Crippen molar-refractivity contribution < 1.29 is 17.9 Å². The minimum Gasteiger partial charge on any atom is -0.492 e. The van der Waals surface area contributed by atoms with Gasteiger partial charge in [0.15, 0.2) is 0 Å². The molecule has 1 fully saturated rings. The number of sulfonamides is 1. The number of carbonyl (C=O) groups is 1. The molecule has 7 heteroatoms. The first-order chi connectivity index (χ1) is 9.34. The van der Waals surface area contributed by atoms with E-state index < -0.39 is 10.0 Å². The average molecular weight is 298 g/mol. The van der Waals surface area contributed by atoms with Gasteiger partial charge in [-0.1, -0.05) is 0 Å². The van der Waals surface area contributed by atoms with E-state index in [2.05, 4.69) is 0 Å². The lowest BCUT2D eigenvalue weighted by Crippen LogP contribution is -2.29. The van der Waals surface area contributed by atoms with Gasteiger partial charge in [-0.25, -0.2) is 13.6 Å². The van der Waals surface area contributed by atoms with Crippen molar-refractivity contribution in [3.8, 4) is 5.75 Å². The smallest absolute Gasteiger partial charge is 0.253 e. The van der Waals surface area contributed by atoms with E-state index >= 15 is 0 Å². The third kappa shape index (κ3) is 3.10. The fourth-order valence-electron chi connectivity index (χ4n) is 1.97. The first-order valence-corrected chi connectivity index (χ1v) is 7.96. The topological polar surface area (TPSA) is 89.7 Å². The number of benzene rings is 1. The Bertz CT molecular complexity index is 623. The van der Waals surface area contributed by atoms with Crippen LogP contribution in [0.2, 0.25) is 0 Å². The SMILES string of the molecule is CCOc1ccc(C(=O)N(C)C2CC2)cc1S(N)(=O)=O. The van der Waals surface area contributed by atoms with Crippen LogP contribution in [0, 0.1) is 0 Å². The maximum Gasteiger partial charge on any atom is 0.253 e. The van der Waals surface area contributed by atoms with Gasteiger partial charge >= 0.3 is 0 Å². The van der Waals surface area contributed by atoms with Crippen LogP contribution in [0.15, 0.2) is 23.1 Å². The number of nitrogens with two attached hydrogens (primary N) is 1. The van der Waals surface area contributed by atoms with E-state index in [4.69, 9.17) is 9.88 Å². The van der Waals surface area contributed by atoms with Gasteiger partial charge in [0.1, 0.15) is 10.6 Å². The highest BCUT2D eigenvalue weighted by atomic mass is 32.2. The molecule has 0 heterocycles. The van der Waals surface area contributed by atoms with Crippen LogP contribution in [0.1, 0.15) is 30.1 Å². The summed E-state index contributed by atoms with van der Waals surface area (Å²) in [5, 5.41) is 5.17. The van der Waals surface area contributed by atoms with Crippen LogP contribution in [0.25, 0.3) is 0 Å². The van der Waals surface area contributed by atoms with Crippen molar-refractivity contribution in [2.24, 2.45) is 5.14 Å². The third-order valence-corrected chi connectivity index (χ3v) is 4.14. The first kappa shape index (κ1) is 14.8. The summed E-state index contributed by atoms with van der Waals surface area (Å²) in [6.45, 7) is 2.06. The summed E-state index contributed by atoms with van der Waals surface area (Å²) in [5.41, 5.74) is 0.298. The Morgan fingerprint density at radius 2 is 2.10 bits per heavy atom. The second kappa shape index (κ2) is 5.41. The van der Waals surface area contributed by atoms with Crippen molar-refractivity contribution in [2.45, 2.75) is 30.7 Å². The van der Waals surface area contributed by atoms with Gasteiger partial charge in [-0.05, 0) is 38.0 Å². The lowest BCUT2D eigenvalue weighted by Gasteiger charge is -2.17. The first-order valence-electron chi connectivity index (χ1n) is 6.41. The Morgan fingerprint density at radius 3 is 2.60 bits per heavy atom. The van der Waals surface area contributed by atoms with Gasteiger partial charge in [0.2, 0.25) is 10.0 Å². The molecule has 1 aliphatic rings. The lowest BCUT2D eigenvalue weighted by atomic mass is 10.2. The molecule has 1 aromatic rings. The Morgan fingerprint density at radius 1 is 1.45 bits per heavy atom. The van der Waals surface area contributed by atoms with Gasteiger partial charge in [-0.3, -0.25) is 4.79 Å². The standard InChI is InChI=1S/C13H18N2O4S/c1-3-19-11-7-4-9(8-12(11)20(14,17)18)13(16)15(2)10-5-6-10/h4,7-8,10H,3,5-6H2,1-2H3,(H2,14,17,18). The quantitative estimate of drug-likeness (QED) is 0.877. The lowest BCUT2D eigenvalue weighted by molar-refractivity contribution is 0.0785. The number of ether oxygens (including phenoxy) is 1. The van der Waals surface area contributed by atoms with E-state index in [1.807, 2.05) is 0 Å². The molecule has 1 aromatic carbocycles. The molecule has 1 amide bonds. The zero-order valence-corrected chi connectivity index (χ0v) is 12.3. The fourth-order valence-corrected chi connectivity index (χ4v) is 2.67. The minimum atomic E-state index is -3.94. The molecule has 20 heavy (non-hydrogen) atoms. The number of hydrogen-bond acceptors (Lipinski definition) is 4. The second-order valence-electron chi connectivity index (χ2n) is 4.79. The predicted octanol–water partition coefficient (Wildman–Crippen LogP) is 0.967. The number of hydrogen-bond donors (Lipinski definition) is 1. The molecule has 0 spiro atoms. The molecule has 110 valence electrons. The van der Waals surface area contributed by atoms with Gasteiger partial charge in [0.25, 0.3) is 5.91 Å². The molecule has 0 aliphatic heterocycles. The van der Waals surface area contributed by atoms with E-state index in [1.165, 1.54) is 12.1 Å². The van der Waals surface area contributed by atoms with E-state index in [1.54, 1.807) is 24.9 Å². The summed E-state index contributed by atoms with van der Waals surface area (Å²) in [5.74, 6) is -0.0407. The summed E-state index contributed by atoms with van der Waals surface area (Å²) in [4.78, 5) is 13.7. The van der Waals surface area contributed by atoms with E-state index in [-0.39, 0.29) is 22.6 Å². The minimum absolute atomic E-state index is 0.158. The van der Waals surface area contributed by atoms with E-state index in [0.717, 1.165) is 12.8 Å². The molecule has 2 N–H and O–H groups in total. The van der Waals surface area contributed by atoms with Gasteiger partial charge < -0.3 is 9.64 Å². The molecular formula is C13H18N2O4S. The van der Waals surface area contributed by atoms with Crippen LogP contribution in [0.5, 0.6) is 5.75 Å². The van der Waals surface area contributed by atoms with Crippen LogP contribution < -0.4 is 9.88 Å². The van der Waals surface area contributed by atoms with Crippen LogP contribution in [-0.4, -0.2) is 38.9 Å². The Hall–Kier alpha value is -1.60. The van der Waals surface area contributed by atoms with Crippen molar-refractivity contribution >= 4 is 15.9 Å². The van der Waals surface area contributed by atoms with Crippen LogP contribution in [0.4, 0.5) is 0 Å². The summed E-state index contributed by atoms with van der Waals surface area (Å²) in [7, 11) is -2.22. The van der Waals surface area contributed by atoms with Gasteiger partial charge in [-0.15, -0.1) is 0 Å². The summed E-state index contributed by atoms with van der Waals surface area (Å²) < 4.78 is 28.4. The monoisotopic (exact) mass is 298 g/mol. The second-order valence-corrected chi connectivity index (χ2v) is 6.32. The third-order valence-electron chi connectivity index (χ3n) is 3.21. The highest BCUT2D eigenvalue weighted by Crippen LogP contribution is 2.29. The number of carbonyl (C=O) groups excluding carboxylic acids is 1. The van der Waals surface area contributed by atoms with Gasteiger partial charge in [0.05, 0.1) is 6.61 Å². The summed E-state index contributed by atoms with van der Waals surface area (Å²) in [6.07, 6.45) is 1.97. The van der Waals surface area contributed by atoms with Gasteiger partial charge in [-0.2, -0.15) is 0 Å². The van der Waals surface area contributed by atoms with Crippen molar-refractivity contribution in [3.05, 3.63) is 23.8 Å². The predicted molar refractivity (Wildman–Crippen MR) is 74.1 cm³/mol. The molecule has 1 aliphatic carbocycles. The normalized spacial score (nSPS) is 14.9. The molecule has 0 bridgehead atoms. The fraction of sp³-hybridized carbons (Fsp3) is 0.462. The molecule has 0 saturated heterocycles. The molecule has 6 nitrogen and oxygen atoms in total. The average Bonchev–Trinajstić information content (AvgIpc) is 3.21. The molecule has 2 rings (SSSR count). The molecule has 1 saturated carbocycles. The summed E-state index contributed by atoms with van der Waals surface area (Å²) >= 11 is 0. The molecule has 0 aromatic heterocycles. The van der Waals surface area contributed by atoms with Crippen molar-refractivity contribution in [3.63, 3.8) is 0 Å². The van der Waals surface area contributed by atoms with E-state index in [0.29, 0.717) is 12.2 Å². The Labute approximate surface area is 118 Å². The molecular weight excluding hydrogens is 280 g/mol. The van der Waals surface area contributed by atoms with E-state index in [9.17, 15) is 13.2 Å². The zero-order valence-electron chi connectivity index (χ0n) is 11.5. The number of rotatable bonds is 5. The maximum atomic E-state index is 12.2. The van der Waals surface area contributed by atoms with Crippen molar-refractivity contribution in [1.29, 1.82) is 0 Å². The Kier molecular flexibility index (Phi) is 4.01. The highest BCUT2D eigenvalue weighted by Gasteiger charge is 2.30. The van der Waals surface area contributed by atoms with Crippen LogP contribution in [-0.2, 0) is 10.0 Å². The van der Waals surface area contributed by atoms with Crippen molar-refractivity contribution in [2.75, 3.05) is 13.7 Å². The zero-order chi connectivity index (χ0) is 14.9. The summed E-state index contributed by atoms with van der Waals surface area (Å²) in [6, 6.07) is 4.56. The molecule has 0 radical (unpaired) electrons. The van der Waals surface area contributed by atoms with Crippen LogP contribution >= 0.6 is 0 Å². The maximum absolute atomic E-state index is 12.2. The van der Waals surface area contributed by atoms with Crippen molar-refractivity contribution in [1.82, 2.24) is 4.90 Å².